The van der Waals surface area contributed by atoms with Gasteiger partial charge in [0.05, 0.1) is 0 Å². The summed E-state index contributed by atoms with van der Waals surface area (Å²) in [6.07, 6.45) is 6.66. The lowest BCUT2D eigenvalue weighted by Crippen LogP contribution is -2.22. The zero-order valence-electron chi connectivity index (χ0n) is 6.94. The first-order chi connectivity index (χ1) is 5.39. The predicted octanol–water partition coefficient (Wildman–Crippen LogP) is 0.0257. The van der Waals surface area contributed by atoms with Crippen LogP contribution in [0.2, 0.25) is 0 Å². The van der Waals surface area contributed by atoms with Gasteiger partial charge in [0.15, 0.2) is 0 Å². The highest BCUT2D eigenvalue weighted by Gasteiger charge is 2.06. The van der Waals surface area contributed by atoms with Crippen LogP contribution in [0.5, 0.6) is 0 Å². The molecule has 5 nitrogen and oxygen atoms in total. The highest BCUT2D eigenvalue weighted by Crippen LogP contribution is 2.14. The smallest absolute Gasteiger partial charge is 0.328 e. The van der Waals surface area contributed by atoms with Crippen LogP contribution in [-0.4, -0.2) is 19.0 Å². The fourth-order valence-electron chi connectivity index (χ4n) is 1.13. The van der Waals surface area contributed by atoms with Gasteiger partial charge in [-0.05, 0) is 12.8 Å². The molecule has 0 saturated heterocycles. The van der Waals surface area contributed by atoms with Gasteiger partial charge in [0.1, 0.15) is 0 Å². The maximum atomic E-state index is 8.97. The first-order valence-electron chi connectivity index (χ1n) is 3.90. The Labute approximate surface area is 73.0 Å². The molecule has 1 aliphatic carbocycles. The minimum absolute atomic E-state index is 0.536. The molecule has 0 radical (unpaired) electrons. The number of hydrogen-bond acceptors (Lipinski definition) is 3. The van der Waals surface area contributed by atoms with Gasteiger partial charge in [-0.25, -0.2) is 5.14 Å². The Morgan fingerprint density at radius 1 is 1.17 bits per heavy atom. The van der Waals surface area contributed by atoms with Crippen molar-refractivity contribution in [3.8, 4) is 0 Å². The molecule has 0 aliphatic heterocycles. The van der Waals surface area contributed by atoms with Crippen LogP contribution in [-0.2, 0) is 10.3 Å². The second-order valence-corrected chi connectivity index (χ2v) is 3.94. The Morgan fingerprint density at radius 2 is 1.50 bits per heavy atom. The van der Waals surface area contributed by atoms with Crippen LogP contribution in [0.25, 0.3) is 0 Å². The number of rotatable bonds is 0. The summed E-state index contributed by atoms with van der Waals surface area (Å²) in [7, 11) is -4.17. The van der Waals surface area contributed by atoms with E-state index in [1.54, 1.807) is 0 Å². The predicted molar refractivity (Wildman–Crippen MR) is 46.8 cm³/mol. The molecule has 0 aromatic heterocycles. The standard InChI is InChI=1S/C6H13N.H3NO3S/c7-6-4-2-1-3-5-6;1-5(2,3)4/h6H,1-5,7H2;(H3,1,2,3,4). The normalized spacial score (nSPS) is 19.6. The molecule has 1 fully saturated rings. The zero-order chi connectivity index (χ0) is 9.61. The molecule has 0 aromatic carbocycles. The van der Waals surface area contributed by atoms with Crippen LogP contribution in [0.1, 0.15) is 32.1 Å². The van der Waals surface area contributed by atoms with Crippen molar-refractivity contribution in [1.29, 1.82) is 0 Å². The average molecular weight is 196 g/mol. The molecule has 5 N–H and O–H groups in total. The fourth-order valence-corrected chi connectivity index (χ4v) is 1.13. The van der Waals surface area contributed by atoms with E-state index in [0.717, 1.165) is 0 Å². The van der Waals surface area contributed by atoms with Crippen molar-refractivity contribution in [2.45, 2.75) is 38.1 Å². The second kappa shape index (κ2) is 5.47. The number of nitrogens with two attached hydrogens (primary N) is 2. The van der Waals surface area contributed by atoms with Gasteiger partial charge in [-0.2, -0.15) is 8.42 Å². The van der Waals surface area contributed by atoms with E-state index in [4.69, 9.17) is 18.7 Å². The molecule has 12 heavy (non-hydrogen) atoms. The van der Waals surface area contributed by atoms with Gasteiger partial charge in [0.25, 0.3) is 0 Å². The third-order valence-electron chi connectivity index (χ3n) is 1.65. The van der Waals surface area contributed by atoms with Crippen molar-refractivity contribution in [2.24, 2.45) is 10.9 Å². The molecule has 74 valence electrons. The summed E-state index contributed by atoms with van der Waals surface area (Å²) in [6.45, 7) is 0. The highest BCUT2D eigenvalue weighted by atomic mass is 32.2. The van der Waals surface area contributed by atoms with Crippen LogP contribution < -0.4 is 10.9 Å². The minimum atomic E-state index is -4.17. The Bertz CT molecular complexity index is 189. The summed E-state index contributed by atoms with van der Waals surface area (Å²) in [5.41, 5.74) is 5.63. The van der Waals surface area contributed by atoms with Crippen molar-refractivity contribution in [3.05, 3.63) is 0 Å². The average Bonchev–Trinajstić information content (AvgIpc) is 1.85. The van der Waals surface area contributed by atoms with Gasteiger partial charge in [-0.3, -0.25) is 4.55 Å². The van der Waals surface area contributed by atoms with Gasteiger partial charge >= 0.3 is 10.3 Å². The van der Waals surface area contributed by atoms with Gasteiger partial charge < -0.3 is 5.73 Å². The first-order valence-corrected chi connectivity index (χ1v) is 5.40. The largest absolute Gasteiger partial charge is 0.330 e. The summed E-state index contributed by atoms with van der Waals surface area (Å²) in [6, 6.07) is 0.536. The molecule has 0 spiro atoms. The van der Waals surface area contributed by atoms with Crippen LogP contribution >= 0.6 is 0 Å². The Morgan fingerprint density at radius 3 is 1.67 bits per heavy atom. The quantitative estimate of drug-likeness (QED) is 0.475. The Hall–Kier alpha value is -0.170. The third-order valence-corrected chi connectivity index (χ3v) is 1.65. The van der Waals surface area contributed by atoms with Gasteiger partial charge in [-0.15, -0.1) is 0 Å². The van der Waals surface area contributed by atoms with E-state index < -0.39 is 10.3 Å². The molecule has 0 atom stereocenters. The lowest BCUT2D eigenvalue weighted by Gasteiger charge is -2.15. The summed E-state index contributed by atoms with van der Waals surface area (Å²) in [5, 5.41) is 3.88. The lowest BCUT2D eigenvalue weighted by molar-refractivity contribution is 0.441. The molecule has 0 unspecified atom stereocenters. The van der Waals surface area contributed by atoms with E-state index in [0.29, 0.717) is 6.04 Å². The van der Waals surface area contributed by atoms with Crippen molar-refractivity contribution < 1.29 is 13.0 Å². The van der Waals surface area contributed by atoms with Crippen molar-refractivity contribution >= 4 is 10.3 Å². The van der Waals surface area contributed by atoms with Gasteiger partial charge in [-0.1, -0.05) is 19.3 Å². The Kier molecular flexibility index (Phi) is 5.39. The third kappa shape index (κ3) is 12.5. The molecule has 1 saturated carbocycles. The topological polar surface area (TPSA) is 106 Å². The highest BCUT2D eigenvalue weighted by molar-refractivity contribution is 7.83. The maximum absolute atomic E-state index is 8.97. The Balaban J connectivity index is 0.000000217. The molecule has 0 bridgehead atoms. The SMILES string of the molecule is NC1CCCCC1.NS(=O)(=O)O. The minimum Gasteiger partial charge on any atom is -0.328 e. The van der Waals surface area contributed by atoms with Crippen LogP contribution in [0.3, 0.4) is 0 Å². The van der Waals surface area contributed by atoms with E-state index in [-0.39, 0.29) is 0 Å². The van der Waals surface area contributed by atoms with Crippen LogP contribution in [0.15, 0.2) is 0 Å². The van der Waals surface area contributed by atoms with Gasteiger partial charge in [0.2, 0.25) is 0 Å². The van der Waals surface area contributed by atoms with Gasteiger partial charge in [0, 0.05) is 6.04 Å². The van der Waals surface area contributed by atoms with E-state index in [1.807, 2.05) is 0 Å². The lowest BCUT2D eigenvalue weighted by atomic mass is 9.97. The zero-order valence-corrected chi connectivity index (χ0v) is 7.76. The van der Waals surface area contributed by atoms with E-state index >= 15 is 0 Å². The monoisotopic (exact) mass is 196 g/mol. The first kappa shape index (κ1) is 11.8. The van der Waals surface area contributed by atoms with E-state index in [2.05, 4.69) is 5.14 Å². The molecular formula is C6H16N2O3S. The number of hydrogen-bond donors (Lipinski definition) is 3. The molecule has 0 amide bonds. The van der Waals surface area contributed by atoms with E-state index in [9.17, 15) is 0 Å². The summed E-state index contributed by atoms with van der Waals surface area (Å²) in [5.74, 6) is 0. The maximum Gasteiger partial charge on any atom is 0.330 e. The summed E-state index contributed by atoms with van der Waals surface area (Å²) < 4.78 is 25.2. The molecule has 1 aliphatic rings. The molecule has 0 heterocycles. The second-order valence-electron chi connectivity index (χ2n) is 2.91. The van der Waals surface area contributed by atoms with Crippen molar-refractivity contribution in [1.82, 2.24) is 0 Å². The molecule has 0 aromatic rings. The molecule has 6 heteroatoms. The van der Waals surface area contributed by atoms with Crippen LogP contribution in [0.4, 0.5) is 0 Å². The van der Waals surface area contributed by atoms with Crippen molar-refractivity contribution in [3.63, 3.8) is 0 Å². The molecule has 1 rings (SSSR count). The molecular weight excluding hydrogens is 180 g/mol. The van der Waals surface area contributed by atoms with Crippen LogP contribution in [0, 0.1) is 0 Å². The summed E-state index contributed by atoms with van der Waals surface area (Å²) in [4.78, 5) is 0. The van der Waals surface area contributed by atoms with Crippen molar-refractivity contribution in [2.75, 3.05) is 0 Å². The summed E-state index contributed by atoms with van der Waals surface area (Å²) >= 11 is 0. The fraction of sp³-hybridized carbons (Fsp3) is 1.00. The van der Waals surface area contributed by atoms with E-state index in [1.165, 1.54) is 32.1 Å².